The first-order valence-electron chi connectivity index (χ1n) is 13.8. The Labute approximate surface area is 240 Å². The summed E-state index contributed by atoms with van der Waals surface area (Å²) in [7, 11) is 1.89. The molecule has 2 aliphatic heterocycles. The van der Waals surface area contributed by atoms with E-state index in [0.717, 1.165) is 12.8 Å². The van der Waals surface area contributed by atoms with Crippen molar-refractivity contribution in [1.82, 2.24) is 14.7 Å². The molecule has 0 aromatic heterocycles. The van der Waals surface area contributed by atoms with Crippen molar-refractivity contribution in [2.45, 2.75) is 24.9 Å². The minimum absolute atomic E-state index is 0.00855. The van der Waals surface area contributed by atoms with Crippen LogP contribution in [0.2, 0.25) is 0 Å². The van der Waals surface area contributed by atoms with Gasteiger partial charge in [0.15, 0.2) is 11.9 Å². The molecule has 5 N–H and O–H groups in total. The summed E-state index contributed by atoms with van der Waals surface area (Å²) in [6, 6.07) is 27.4. The van der Waals surface area contributed by atoms with Gasteiger partial charge in [0.05, 0.1) is 12.1 Å². The van der Waals surface area contributed by atoms with Gasteiger partial charge in [-0.05, 0) is 42.2 Å². The van der Waals surface area contributed by atoms with Crippen molar-refractivity contribution in [3.8, 4) is 0 Å². The average Bonchev–Trinajstić information content (AvgIpc) is 3.42. The van der Waals surface area contributed by atoms with Crippen molar-refractivity contribution in [1.29, 1.82) is 5.41 Å². The zero-order valence-corrected chi connectivity index (χ0v) is 23.2. The summed E-state index contributed by atoms with van der Waals surface area (Å²) >= 11 is 0. The zero-order valence-electron chi connectivity index (χ0n) is 23.2. The zero-order chi connectivity index (χ0) is 28.8. The van der Waals surface area contributed by atoms with Crippen LogP contribution in [0.25, 0.3) is 0 Å². The number of nitrogens with one attached hydrogen (secondary N) is 3. The Morgan fingerprint density at radius 3 is 2.00 bits per heavy atom. The van der Waals surface area contributed by atoms with Crippen molar-refractivity contribution in [3.63, 3.8) is 0 Å². The van der Waals surface area contributed by atoms with Crippen LogP contribution in [0.3, 0.4) is 0 Å². The molecule has 3 aromatic carbocycles. The van der Waals surface area contributed by atoms with E-state index in [-0.39, 0.29) is 37.0 Å². The molecule has 2 atom stereocenters. The third-order valence-corrected chi connectivity index (χ3v) is 7.41. The number of rotatable bonds is 10. The Kier molecular flexibility index (Phi) is 8.47. The van der Waals surface area contributed by atoms with Gasteiger partial charge in [0.1, 0.15) is 13.1 Å². The SMILES string of the molecule is CN1C(=N)N(CC(=O)Nc2cccc(NC(=O)CN3C[C@H](Cc4ccccc4)N=C3N)c2)C[C@@H]1Cc1ccccc1. The third kappa shape index (κ3) is 7.21. The van der Waals surface area contributed by atoms with E-state index in [1.165, 1.54) is 11.1 Å². The Balaban J connectivity index is 1.10. The van der Waals surface area contributed by atoms with Gasteiger partial charge in [0, 0.05) is 31.5 Å². The van der Waals surface area contributed by atoms with Crippen molar-refractivity contribution < 1.29 is 9.59 Å². The standard InChI is InChI=1S/C31H36N8O2/c1-37-27(16-23-11-6-3-7-12-23)19-39(31(37)33)21-29(41)35-25-14-8-13-24(17-25)34-28(40)20-38-18-26(36-30(38)32)15-22-9-4-2-5-10-22/h2-14,17,26-27,33H,15-16,18-21H2,1H3,(H2,32,36)(H,34,40)(H,35,41)/t26-,27-/m0/s1. The fourth-order valence-corrected chi connectivity index (χ4v) is 5.31. The third-order valence-electron chi connectivity index (χ3n) is 7.41. The van der Waals surface area contributed by atoms with Crippen molar-refractivity contribution >= 4 is 35.1 Å². The van der Waals surface area contributed by atoms with Gasteiger partial charge in [0.2, 0.25) is 11.8 Å². The van der Waals surface area contributed by atoms with Crippen molar-refractivity contribution in [3.05, 3.63) is 96.1 Å². The van der Waals surface area contributed by atoms with Crippen LogP contribution in [0.15, 0.2) is 89.9 Å². The number of amides is 2. The number of hydrogen-bond donors (Lipinski definition) is 4. The number of nitrogens with two attached hydrogens (primary N) is 1. The lowest BCUT2D eigenvalue weighted by Gasteiger charge is -2.20. The largest absolute Gasteiger partial charge is 0.370 e. The lowest BCUT2D eigenvalue weighted by molar-refractivity contribution is -0.117. The molecule has 41 heavy (non-hydrogen) atoms. The van der Waals surface area contributed by atoms with Gasteiger partial charge in [-0.3, -0.25) is 15.0 Å². The summed E-state index contributed by atoms with van der Waals surface area (Å²) in [6.45, 7) is 1.34. The number of anilines is 2. The summed E-state index contributed by atoms with van der Waals surface area (Å²) in [6.07, 6.45) is 1.57. The normalized spacial score (nSPS) is 18.4. The maximum Gasteiger partial charge on any atom is 0.244 e. The molecule has 5 rings (SSSR count). The van der Waals surface area contributed by atoms with Gasteiger partial charge in [-0.15, -0.1) is 0 Å². The van der Waals surface area contributed by atoms with Crippen molar-refractivity contribution in [2.75, 3.05) is 43.9 Å². The van der Waals surface area contributed by atoms with Gasteiger partial charge >= 0.3 is 0 Å². The van der Waals surface area contributed by atoms with Gasteiger partial charge in [-0.1, -0.05) is 66.7 Å². The maximum absolute atomic E-state index is 12.9. The Hall–Kier alpha value is -4.86. The molecule has 2 amide bonds. The van der Waals surface area contributed by atoms with Crippen molar-refractivity contribution in [2.24, 2.45) is 10.7 Å². The molecule has 1 fully saturated rings. The predicted octanol–water partition coefficient (Wildman–Crippen LogP) is 2.60. The lowest BCUT2D eigenvalue weighted by atomic mass is 10.1. The Morgan fingerprint density at radius 1 is 0.829 bits per heavy atom. The van der Waals surface area contributed by atoms with Crippen LogP contribution < -0.4 is 16.4 Å². The summed E-state index contributed by atoms with van der Waals surface area (Å²) in [5, 5.41) is 14.3. The number of nitrogens with zero attached hydrogens (tertiary/aromatic N) is 4. The van der Waals surface area contributed by atoms with E-state index in [9.17, 15) is 9.59 Å². The van der Waals surface area contributed by atoms with Gasteiger partial charge in [0.25, 0.3) is 0 Å². The second-order valence-electron chi connectivity index (χ2n) is 10.5. The number of benzene rings is 3. The van der Waals surface area contributed by atoms with Crippen LogP contribution in [-0.2, 0) is 22.4 Å². The minimum Gasteiger partial charge on any atom is -0.370 e. The highest BCUT2D eigenvalue weighted by Gasteiger charge is 2.32. The maximum atomic E-state index is 12.9. The Bertz CT molecular complexity index is 1410. The molecule has 212 valence electrons. The summed E-state index contributed by atoms with van der Waals surface area (Å²) in [4.78, 5) is 35.6. The van der Waals surface area contributed by atoms with E-state index >= 15 is 0 Å². The molecule has 0 radical (unpaired) electrons. The first kappa shape index (κ1) is 27.7. The first-order chi connectivity index (χ1) is 19.8. The Morgan fingerprint density at radius 2 is 1.39 bits per heavy atom. The molecular weight excluding hydrogens is 516 g/mol. The molecule has 10 heteroatoms. The van der Waals surface area contributed by atoms with Crippen LogP contribution in [0.4, 0.5) is 11.4 Å². The number of carbonyl (C=O) groups excluding carboxylic acids is 2. The van der Waals surface area contributed by atoms with E-state index in [1.54, 1.807) is 34.1 Å². The molecule has 0 bridgehead atoms. The molecule has 0 aliphatic carbocycles. The summed E-state index contributed by atoms with van der Waals surface area (Å²) < 4.78 is 0. The number of carbonyl (C=O) groups is 2. The van der Waals surface area contributed by atoms with Crippen LogP contribution in [0.5, 0.6) is 0 Å². The highest BCUT2D eigenvalue weighted by Crippen LogP contribution is 2.19. The van der Waals surface area contributed by atoms with E-state index in [0.29, 0.717) is 36.4 Å². The number of likely N-dealkylation sites (N-methyl/N-ethyl adjacent to an activating group) is 1. The van der Waals surface area contributed by atoms with E-state index in [4.69, 9.17) is 11.1 Å². The molecule has 0 unspecified atom stereocenters. The van der Waals surface area contributed by atoms with Gasteiger partial charge in [-0.2, -0.15) is 0 Å². The molecule has 0 spiro atoms. The summed E-state index contributed by atoms with van der Waals surface area (Å²) in [5.74, 6) is 0.256. The van der Waals surface area contributed by atoms with Gasteiger partial charge < -0.3 is 31.1 Å². The number of guanidine groups is 2. The fourth-order valence-electron chi connectivity index (χ4n) is 5.31. The van der Waals surface area contributed by atoms with E-state index < -0.39 is 0 Å². The number of hydrogen-bond acceptors (Lipinski definition) is 6. The average molecular weight is 553 g/mol. The quantitative estimate of drug-likeness (QED) is 0.306. The predicted molar refractivity (Wildman–Crippen MR) is 162 cm³/mol. The van der Waals surface area contributed by atoms with Crippen LogP contribution >= 0.6 is 0 Å². The first-order valence-corrected chi connectivity index (χ1v) is 13.8. The number of aliphatic imine (C=N–C) groups is 1. The molecule has 2 heterocycles. The topological polar surface area (TPSA) is 130 Å². The lowest BCUT2D eigenvalue weighted by Crippen LogP contribution is -2.40. The van der Waals surface area contributed by atoms with Gasteiger partial charge in [-0.25, -0.2) is 4.99 Å². The molecule has 10 nitrogen and oxygen atoms in total. The molecule has 2 aliphatic rings. The smallest absolute Gasteiger partial charge is 0.244 e. The second kappa shape index (κ2) is 12.5. The van der Waals surface area contributed by atoms with Crippen LogP contribution in [0.1, 0.15) is 11.1 Å². The molecular formula is C31H36N8O2. The second-order valence-corrected chi connectivity index (χ2v) is 10.5. The van der Waals surface area contributed by atoms with E-state index in [1.807, 2.05) is 48.3 Å². The van der Waals surface area contributed by atoms with E-state index in [2.05, 4.69) is 39.9 Å². The summed E-state index contributed by atoms with van der Waals surface area (Å²) in [5.41, 5.74) is 9.62. The highest BCUT2D eigenvalue weighted by atomic mass is 16.2. The highest BCUT2D eigenvalue weighted by molar-refractivity contribution is 5.98. The fraction of sp³-hybridized carbons (Fsp3) is 0.290. The van der Waals surface area contributed by atoms with Crippen LogP contribution in [-0.4, -0.2) is 83.7 Å². The van der Waals surface area contributed by atoms with Crippen LogP contribution in [0, 0.1) is 5.41 Å². The molecule has 0 saturated carbocycles. The minimum atomic E-state index is -0.225. The molecule has 3 aromatic rings. The molecule has 1 saturated heterocycles. The monoisotopic (exact) mass is 552 g/mol.